The molecular weight excluding hydrogens is 460 g/mol. The molecule has 2 N–H and O–H groups in total. The van der Waals surface area contributed by atoms with Gasteiger partial charge in [0.05, 0.1) is 41.8 Å². The number of phenolic OH excluding ortho intramolecular Hbond substituents is 1. The standard InChI is InChI=1S/C25H21ClN2O6/c1-13-7-8-18(29)17(10-13)28-22(16-6-4-5-9-27-16)21(24(31)25(28)32)23(30)14-11-20(34-3)15(26)12-19(14)33-2/h4-12,22,29-30H,1-3H3/b23-21+. The lowest BCUT2D eigenvalue weighted by atomic mass is 9.97. The highest BCUT2D eigenvalue weighted by Crippen LogP contribution is 2.46. The number of pyridine rings is 1. The van der Waals surface area contributed by atoms with E-state index in [0.717, 1.165) is 10.5 Å². The molecule has 1 fully saturated rings. The van der Waals surface area contributed by atoms with Crippen LogP contribution in [0.3, 0.4) is 0 Å². The molecular formula is C25H21ClN2O6. The van der Waals surface area contributed by atoms with Crippen LogP contribution >= 0.6 is 11.6 Å². The first-order valence-electron chi connectivity index (χ1n) is 10.2. The Kier molecular flexibility index (Phi) is 6.17. The van der Waals surface area contributed by atoms with Crippen LogP contribution in [0.15, 0.2) is 60.3 Å². The molecule has 0 radical (unpaired) electrons. The summed E-state index contributed by atoms with van der Waals surface area (Å²) >= 11 is 6.19. The van der Waals surface area contributed by atoms with Crippen molar-refractivity contribution in [2.45, 2.75) is 13.0 Å². The van der Waals surface area contributed by atoms with Crippen molar-refractivity contribution >= 4 is 34.7 Å². The minimum atomic E-state index is -1.11. The summed E-state index contributed by atoms with van der Waals surface area (Å²) in [5.41, 5.74) is 1.10. The van der Waals surface area contributed by atoms with E-state index >= 15 is 0 Å². The van der Waals surface area contributed by atoms with Crippen LogP contribution in [-0.4, -0.2) is 41.1 Å². The molecule has 2 aromatic carbocycles. The lowest BCUT2D eigenvalue weighted by Gasteiger charge is -2.25. The van der Waals surface area contributed by atoms with E-state index in [1.807, 2.05) is 0 Å². The van der Waals surface area contributed by atoms with Crippen LogP contribution in [0.1, 0.15) is 22.9 Å². The number of nitrogens with zero attached hydrogens (tertiary/aromatic N) is 2. The van der Waals surface area contributed by atoms with Crippen molar-refractivity contribution in [3.63, 3.8) is 0 Å². The second kappa shape index (κ2) is 9.07. The number of hydrogen-bond acceptors (Lipinski definition) is 7. The second-order valence-electron chi connectivity index (χ2n) is 7.60. The van der Waals surface area contributed by atoms with Gasteiger partial charge in [-0.3, -0.25) is 19.5 Å². The van der Waals surface area contributed by atoms with Gasteiger partial charge >= 0.3 is 0 Å². The monoisotopic (exact) mass is 480 g/mol. The highest BCUT2D eigenvalue weighted by atomic mass is 35.5. The average molecular weight is 481 g/mol. The molecule has 1 saturated heterocycles. The predicted octanol–water partition coefficient (Wildman–Crippen LogP) is 4.39. The second-order valence-corrected chi connectivity index (χ2v) is 8.01. The maximum atomic E-state index is 13.3. The zero-order valence-corrected chi connectivity index (χ0v) is 19.3. The topological polar surface area (TPSA) is 109 Å². The smallest absolute Gasteiger partial charge is 0.300 e. The summed E-state index contributed by atoms with van der Waals surface area (Å²) in [5, 5.41) is 22.1. The van der Waals surface area contributed by atoms with E-state index in [0.29, 0.717) is 5.69 Å². The number of carbonyl (C=O) groups excluding carboxylic acids is 2. The van der Waals surface area contributed by atoms with E-state index in [1.54, 1.807) is 37.3 Å². The van der Waals surface area contributed by atoms with E-state index in [4.69, 9.17) is 21.1 Å². The van der Waals surface area contributed by atoms with Crippen LogP contribution in [0.2, 0.25) is 5.02 Å². The van der Waals surface area contributed by atoms with Crippen LogP contribution in [0, 0.1) is 6.92 Å². The first-order valence-corrected chi connectivity index (χ1v) is 10.6. The molecule has 1 atom stereocenters. The highest BCUT2D eigenvalue weighted by molar-refractivity contribution is 6.52. The summed E-state index contributed by atoms with van der Waals surface area (Å²) in [6.07, 6.45) is 1.51. The van der Waals surface area contributed by atoms with Crippen molar-refractivity contribution in [3.05, 3.63) is 82.1 Å². The number of aliphatic hydroxyl groups is 1. The minimum absolute atomic E-state index is 0.108. The van der Waals surface area contributed by atoms with Crippen molar-refractivity contribution in [1.82, 2.24) is 4.98 Å². The number of aliphatic hydroxyl groups excluding tert-OH is 1. The maximum Gasteiger partial charge on any atom is 0.300 e. The average Bonchev–Trinajstić information content (AvgIpc) is 3.10. The Bertz CT molecular complexity index is 1320. The molecule has 8 nitrogen and oxygen atoms in total. The molecule has 34 heavy (non-hydrogen) atoms. The van der Waals surface area contributed by atoms with Gasteiger partial charge < -0.3 is 19.7 Å². The van der Waals surface area contributed by atoms with Gasteiger partial charge in [-0.25, -0.2) is 0 Å². The maximum absolute atomic E-state index is 13.3. The minimum Gasteiger partial charge on any atom is -0.507 e. The number of benzene rings is 2. The van der Waals surface area contributed by atoms with E-state index in [1.165, 1.54) is 38.6 Å². The number of aromatic hydroxyl groups is 1. The van der Waals surface area contributed by atoms with Crippen LogP contribution < -0.4 is 14.4 Å². The van der Waals surface area contributed by atoms with Crippen molar-refractivity contribution < 1.29 is 29.3 Å². The number of rotatable bonds is 5. The van der Waals surface area contributed by atoms with Crippen molar-refractivity contribution in [1.29, 1.82) is 0 Å². The summed E-state index contributed by atoms with van der Waals surface area (Å²) < 4.78 is 10.6. The van der Waals surface area contributed by atoms with E-state index in [2.05, 4.69) is 4.98 Å². The van der Waals surface area contributed by atoms with Gasteiger partial charge in [0.2, 0.25) is 0 Å². The molecule has 1 aromatic heterocycles. The number of amides is 1. The number of methoxy groups -OCH3 is 2. The molecule has 2 heterocycles. The summed E-state index contributed by atoms with van der Waals surface area (Å²) in [6, 6.07) is 11.5. The Labute approximate surface area is 200 Å². The number of halogens is 1. The van der Waals surface area contributed by atoms with Gasteiger partial charge in [0.25, 0.3) is 11.7 Å². The molecule has 0 bridgehead atoms. The quantitative estimate of drug-likeness (QED) is 0.316. The molecule has 1 unspecified atom stereocenters. The van der Waals surface area contributed by atoms with E-state index in [-0.39, 0.29) is 39.1 Å². The van der Waals surface area contributed by atoms with Gasteiger partial charge in [0, 0.05) is 12.3 Å². The number of phenols is 1. The van der Waals surface area contributed by atoms with Crippen LogP contribution in [0.25, 0.3) is 5.76 Å². The van der Waals surface area contributed by atoms with Gasteiger partial charge in [-0.05, 0) is 42.8 Å². The molecule has 9 heteroatoms. The summed E-state index contributed by atoms with van der Waals surface area (Å²) in [7, 11) is 2.79. The summed E-state index contributed by atoms with van der Waals surface area (Å²) in [6.45, 7) is 1.79. The summed E-state index contributed by atoms with van der Waals surface area (Å²) in [4.78, 5) is 32.0. The molecule has 0 saturated carbocycles. The largest absolute Gasteiger partial charge is 0.507 e. The number of aryl methyl sites for hydroxylation is 1. The number of Topliss-reactive ketones (excluding diaryl/α,β-unsaturated/α-hetero) is 1. The van der Waals surface area contributed by atoms with Gasteiger partial charge in [-0.2, -0.15) is 0 Å². The van der Waals surface area contributed by atoms with E-state index in [9.17, 15) is 19.8 Å². The number of anilines is 1. The van der Waals surface area contributed by atoms with Crippen molar-refractivity contribution in [2.75, 3.05) is 19.1 Å². The molecule has 1 amide bonds. The van der Waals surface area contributed by atoms with Crippen LogP contribution in [0.4, 0.5) is 5.69 Å². The van der Waals surface area contributed by atoms with Gasteiger partial charge in [0.1, 0.15) is 29.0 Å². The normalized spacial score (nSPS) is 17.2. The number of carbonyl (C=O) groups is 2. The zero-order valence-electron chi connectivity index (χ0n) is 18.6. The predicted molar refractivity (Wildman–Crippen MR) is 126 cm³/mol. The Morgan fingerprint density at radius 3 is 2.44 bits per heavy atom. The van der Waals surface area contributed by atoms with E-state index < -0.39 is 23.5 Å². The molecule has 3 aromatic rings. The SMILES string of the molecule is COc1cc(/C(O)=C2\C(=O)C(=O)N(c3cc(C)ccc3O)C2c2ccccn2)c(OC)cc1Cl. The number of ketones is 1. The van der Waals surface area contributed by atoms with Gasteiger partial charge in [0.15, 0.2) is 0 Å². The lowest BCUT2D eigenvalue weighted by Crippen LogP contribution is -2.30. The van der Waals surface area contributed by atoms with Crippen LogP contribution in [0.5, 0.6) is 17.2 Å². The fourth-order valence-electron chi connectivity index (χ4n) is 3.92. The first kappa shape index (κ1) is 23.1. The number of hydrogen-bond donors (Lipinski definition) is 2. The molecule has 4 rings (SSSR count). The first-order chi connectivity index (χ1) is 16.3. The molecule has 0 aliphatic carbocycles. The highest BCUT2D eigenvalue weighted by Gasteiger charge is 2.48. The third-order valence-corrected chi connectivity index (χ3v) is 5.83. The fourth-order valence-corrected chi connectivity index (χ4v) is 4.15. The Morgan fingerprint density at radius 1 is 1.06 bits per heavy atom. The third kappa shape index (κ3) is 3.82. The van der Waals surface area contributed by atoms with Gasteiger partial charge in [-0.1, -0.05) is 23.7 Å². The number of ether oxygens (including phenoxy) is 2. The Balaban J connectivity index is 2.02. The molecule has 0 spiro atoms. The summed E-state index contributed by atoms with van der Waals surface area (Å²) in [5.74, 6) is -2.13. The van der Waals surface area contributed by atoms with Crippen molar-refractivity contribution in [2.24, 2.45) is 0 Å². The molecule has 1 aliphatic heterocycles. The molecule has 174 valence electrons. The Hall–Kier alpha value is -4.04. The fraction of sp³-hybridized carbons (Fsp3) is 0.160. The lowest BCUT2D eigenvalue weighted by molar-refractivity contribution is -0.132. The molecule has 1 aliphatic rings. The zero-order chi connectivity index (χ0) is 24.6. The van der Waals surface area contributed by atoms with Crippen molar-refractivity contribution in [3.8, 4) is 17.2 Å². The third-order valence-electron chi connectivity index (χ3n) is 5.53. The number of aromatic nitrogens is 1. The Morgan fingerprint density at radius 2 is 1.79 bits per heavy atom. The van der Waals surface area contributed by atoms with Crippen LogP contribution in [-0.2, 0) is 9.59 Å². The van der Waals surface area contributed by atoms with Gasteiger partial charge in [-0.15, -0.1) is 0 Å².